The van der Waals surface area contributed by atoms with E-state index in [0.29, 0.717) is 11.6 Å². The normalized spacial score (nSPS) is 20.4. The molecule has 1 aliphatic rings. The number of carbonyl (C=O) groups is 1. The smallest absolute Gasteiger partial charge is 0.337 e. The third kappa shape index (κ3) is 4.52. The van der Waals surface area contributed by atoms with Crippen LogP contribution in [0.2, 0.25) is 0 Å². The molecule has 0 radical (unpaired) electrons. The number of nitrogens with zero attached hydrogens (tertiary/aromatic N) is 2. The molecule has 0 saturated carbocycles. The number of esters is 1. The van der Waals surface area contributed by atoms with Crippen LogP contribution >= 0.6 is 0 Å². The number of rotatable bonds is 5. The van der Waals surface area contributed by atoms with E-state index in [-0.39, 0.29) is 5.97 Å². The Morgan fingerprint density at radius 3 is 2.67 bits per heavy atom. The van der Waals surface area contributed by atoms with Crippen LogP contribution in [-0.2, 0) is 11.3 Å². The lowest BCUT2D eigenvalue weighted by molar-refractivity contribution is 0.0600. The van der Waals surface area contributed by atoms with Gasteiger partial charge in [0.05, 0.1) is 12.7 Å². The van der Waals surface area contributed by atoms with Gasteiger partial charge in [-0.2, -0.15) is 0 Å². The Morgan fingerprint density at radius 1 is 1.29 bits per heavy atom. The van der Waals surface area contributed by atoms with E-state index in [1.54, 1.807) is 0 Å². The molecule has 0 aliphatic carbocycles. The monoisotopic (exact) mass is 291 g/mol. The van der Waals surface area contributed by atoms with Gasteiger partial charge in [-0.15, -0.1) is 0 Å². The maximum atomic E-state index is 11.4. The molecule has 5 nitrogen and oxygen atoms in total. The van der Waals surface area contributed by atoms with Crippen LogP contribution in [0.15, 0.2) is 24.3 Å². The van der Waals surface area contributed by atoms with Gasteiger partial charge in [0.25, 0.3) is 0 Å². The second kappa shape index (κ2) is 7.54. The molecule has 0 aromatic heterocycles. The van der Waals surface area contributed by atoms with Gasteiger partial charge < -0.3 is 15.0 Å². The summed E-state index contributed by atoms with van der Waals surface area (Å²) in [7, 11) is 5.76. The first kappa shape index (κ1) is 15.9. The van der Waals surface area contributed by atoms with Crippen molar-refractivity contribution >= 4 is 5.97 Å². The fourth-order valence-electron chi connectivity index (χ4n) is 2.58. The van der Waals surface area contributed by atoms with Crippen LogP contribution in [0.5, 0.6) is 0 Å². The van der Waals surface area contributed by atoms with Crippen LogP contribution in [0.1, 0.15) is 15.9 Å². The zero-order valence-corrected chi connectivity index (χ0v) is 13.1. The van der Waals surface area contributed by atoms with Crippen LogP contribution < -0.4 is 5.32 Å². The summed E-state index contributed by atoms with van der Waals surface area (Å²) in [6.07, 6.45) is 0. The minimum absolute atomic E-state index is 0.290. The first-order valence-corrected chi connectivity index (χ1v) is 7.37. The maximum absolute atomic E-state index is 11.4. The lowest BCUT2D eigenvalue weighted by Crippen LogP contribution is -2.53. The molecule has 0 amide bonds. The number of piperazine rings is 1. The van der Waals surface area contributed by atoms with Crippen LogP contribution in [0.25, 0.3) is 0 Å². The molecule has 1 aliphatic heterocycles. The molecule has 1 fully saturated rings. The quantitative estimate of drug-likeness (QED) is 0.813. The summed E-state index contributed by atoms with van der Waals surface area (Å²) < 4.78 is 4.69. The first-order chi connectivity index (χ1) is 10.1. The average Bonchev–Trinajstić information content (AvgIpc) is 2.50. The lowest BCUT2D eigenvalue weighted by Gasteiger charge is -2.37. The fourth-order valence-corrected chi connectivity index (χ4v) is 2.58. The van der Waals surface area contributed by atoms with Crippen molar-refractivity contribution in [3.05, 3.63) is 35.4 Å². The maximum Gasteiger partial charge on any atom is 0.337 e. The molecule has 1 aromatic rings. The van der Waals surface area contributed by atoms with E-state index in [1.165, 1.54) is 12.7 Å². The Kier molecular flexibility index (Phi) is 5.73. The van der Waals surface area contributed by atoms with Crippen molar-refractivity contribution < 1.29 is 9.53 Å². The fraction of sp³-hybridized carbons (Fsp3) is 0.562. The van der Waals surface area contributed by atoms with E-state index in [2.05, 4.69) is 29.2 Å². The van der Waals surface area contributed by atoms with Gasteiger partial charge in [-0.1, -0.05) is 12.1 Å². The Bertz CT molecular complexity index is 461. The van der Waals surface area contributed by atoms with Crippen LogP contribution in [0, 0.1) is 0 Å². The Balaban J connectivity index is 1.79. The molecule has 1 unspecified atom stereocenters. The molecule has 2 rings (SSSR count). The Labute approximate surface area is 126 Å². The predicted molar refractivity (Wildman–Crippen MR) is 83.4 cm³/mol. The average molecular weight is 291 g/mol. The summed E-state index contributed by atoms with van der Waals surface area (Å²) in [5.74, 6) is -0.290. The van der Waals surface area contributed by atoms with Crippen molar-refractivity contribution in [1.82, 2.24) is 15.1 Å². The van der Waals surface area contributed by atoms with Crippen molar-refractivity contribution in [3.63, 3.8) is 0 Å². The van der Waals surface area contributed by atoms with Crippen LogP contribution in [0.4, 0.5) is 0 Å². The summed E-state index contributed by atoms with van der Waals surface area (Å²) >= 11 is 0. The summed E-state index contributed by atoms with van der Waals surface area (Å²) in [4.78, 5) is 16.1. The summed E-state index contributed by atoms with van der Waals surface area (Å²) in [5, 5.41) is 3.50. The van der Waals surface area contributed by atoms with Gasteiger partial charge in [0.15, 0.2) is 0 Å². The third-order valence-corrected chi connectivity index (χ3v) is 4.06. The molecule has 1 saturated heterocycles. The largest absolute Gasteiger partial charge is 0.465 e. The van der Waals surface area contributed by atoms with Crippen molar-refractivity contribution in [2.45, 2.75) is 12.6 Å². The highest BCUT2D eigenvalue weighted by Gasteiger charge is 2.21. The summed E-state index contributed by atoms with van der Waals surface area (Å²) in [6, 6.07) is 8.11. The SMILES string of the molecule is COC(=O)c1ccc(CNCC2CN(C)CCN2C)cc1. The van der Waals surface area contributed by atoms with Gasteiger partial charge in [0, 0.05) is 38.8 Å². The van der Waals surface area contributed by atoms with E-state index in [4.69, 9.17) is 4.74 Å². The second-order valence-electron chi connectivity index (χ2n) is 5.72. The molecule has 1 aromatic carbocycles. The zero-order chi connectivity index (χ0) is 15.2. The van der Waals surface area contributed by atoms with Crippen LogP contribution in [0.3, 0.4) is 0 Å². The minimum Gasteiger partial charge on any atom is -0.465 e. The molecule has 1 atom stereocenters. The number of hydrogen-bond acceptors (Lipinski definition) is 5. The number of methoxy groups -OCH3 is 1. The number of likely N-dealkylation sites (N-methyl/N-ethyl adjacent to an activating group) is 2. The van der Waals surface area contributed by atoms with Gasteiger partial charge in [-0.3, -0.25) is 4.90 Å². The second-order valence-corrected chi connectivity index (χ2v) is 5.72. The molecule has 1 N–H and O–H groups in total. The number of benzene rings is 1. The van der Waals surface area contributed by atoms with Crippen molar-refractivity contribution in [3.8, 4) is 0 Å². The van der Waals surface area contributed by atoms with Gasteiger partial charge in [0.1, 0.15) is 0 Å². The Hall–Kier alpha value is -1.43. The van der Waals surface area contributed by atoms with Crippen LogP contribution in [-0.4, -0.2) is 69.2 Å². The Morgan fingerprint density at radius 2 is 2.00 bits per heavy atom. The highest BCUT2D eigenvalue weighted by atomic mass is 16.5. The standard InChI is InChI=1S/C16H25N3O2/c1-18-8-9-19(2)15(12-18)11-17-10-13-4-6-14(7-5-13)16(20)21-3/h4-7,15,17H,8-12H2,1-3H3. The lowest BCUT2D eigenvalue weighted by atomic mass is 10.1. The van der Waals surface area contributed by atoms with E-state index < -0.39 is 0 Å². The first-order valence-electron chi connectivity index (χ1n) is 7.37. The number of hydrogen-bond donors (Lipinski definition) is 1. The number of carbonyl (C=O) groups excluding carboxylic acids is 1. The molecule has 1 heterocycles. The van der Waals surface area contributed by atoms with Gasteiger partial charge in [-0.05, 0) is 31.8 Å². The van der Waals surface area contributed by atoms with Crippen molar-refractivity contribution in [2.24, 2.45) is 0 Å². The predicted octanol–water partition coefficient (Wildman–Crippen LogP) is 0.809. The molecule has 21 heavy (non-hydrogen) atoms. The van der Waals surface area contributed by atoms with Crippen molar-refractivity contribution in [2.75, 3.05) is 47.4 Å². The van der Waals surface area contributed by atoms with Gasteiger partial charge >= 0.3 is 5.97 Å². The highest BCUT2D eigenvalue weighted by Crippen LogP contribution is 2.07. The number of nitrogens with one attached hydrogen (secondary N) is 1. The highest BCUT2D eigenvalue weighted by molar-refractivity contribution is 5.89. The van der Waals surface area contributed by atoms with E-state index in [1.807, 2.05) is 24.3 Å². The summed E-state index contributed by atoms with van der Waals surface area (Å²) in [6.45, 7) is 5.15. The third-order valence-electron chi connectivity index (χ3n) is 4.06. The van der Waals surface area contributed by atoms with Gasteiger partial charge in [-0.25, -0.2) is 4.79 Å². The van der Waals surface area contributed by atoms with Gasteiger partial charge in [0.2, 0.25) is 0 Å². The molecular weight excluding hydrogens is 266 g/mol. The summed E-state index contributed by atoms with van der Waals surface area (Å²) in [5.41, 5.74) is 1.77. The zero-order valence-electron chi connectivity index (χ0n) is 13.1. The van der Waals surface area contributed by atoms with Crippen molar-refractivity contribution in [1.29, 1.82) is 0 Å². The van der Waals surface area contributed by atoms with E-state index >= 15 is 0 Å². The molecule has 5 heteroatoms. The topological polar surface area (TPSA) is 44.8 Å². The van der Waals surface area contributed by atoms with E-state index in [0.717, 1.165) is 32.7 Å². The minimum atomic E-state index is -0.290. The van der Waals surface area contributed by atoms with E-state index in [9.17, 15) is 4.79 Å². The molecule has 116 valence electrons. The number of ether oxygens (including phenoxy) is 1. The molecule has 0 bridgehead atoms. The molecular formula is C16H25N3O2. The molecule has 0 spiro atoms.